The standard InChI is InChI=1S/C13H19N5O3S/c1-3-9-14-11(16-15-9)22-6-10(19)18-5-4-13(8-18)7-17(2)12(20)21-13/h3-8H2,1-2H3,(H,14,15,16). The molecule has 0 radical (unpaired) electrons. The maximum atomic E-state index is 12.3. The molecule has 1 spiro atoms. The van der Waals surface area contributed by atoms with Crippen LogP contribution in [0.1, 0.15) is 19.2 Å². The van der Waals surface area contributed by atoms with Gasteiger partial charge in [-0.3, -0.25) is 9.89 Å². The van der Waals surface area contributed by atoms with Gasteiger partial charge in [0, 0.05) is 26.4 Å². The molecular weight excluding hydrogens is 306 g/mol. The zero-order chi connectivity index (χ0) is 15.7. The summed E-state index contributed by atoms with van der Waals surface area (Å²) in [5.41, 5.74) is -0.522. The van der Waals surface area contributed by atoms with E-state index in [1.165, 1.54) is 11.8 Å². The molecule has 2 aliphatic heterocycles. The summed E-state index contributed by atoms with van der Waals surface area (Å²) in [5, 5.41) is 7.47. The topological polar surface area (TPSA) is 91.4 Å². The molecule has 1 aromatic rings. The summed E-state index contributed by atoms with van der Waals surface area (Å²) in [4.78, 5) is 31.4. The lowest BCUT2D eigenvalue weighted by Crippen LogP contribution is -2.39. The molecule has 0 aliphatic carbocycles. The first-order valence-corrected chi connectivity index (χ1v) is 8.26. The number of rotatable bonds is 4. The molecule has 3 rings (SSSR count). The first-order valence-electron chi connectivity index (χ1n) is 7.27. The van der Waals surface area contributed by atoms with Gasteiger partial charge in [0.2, 0.25) is 11.1 Å². The number of aryl methyl sites for hydroxylation is 1. The predicted octanol–water partition coefficient (Wildman–Crippen LogP) is 0.512. The van der Waals surface area contributed by atoms with Crippen LogP contribution in [0.4, 0.5) is 4.79 Å². The second-order valence-corrected chi connectivity index (χ2v) is 6.62. The normalized spacial score (nSPS) is 24.4. The lowest BCUT2D eigenvalue weighted by Gasteiger charge is -2.21. The number of carbonyl (C=O) groups is 2. The van der Waals surface area contributed by atoms with E-state index in [1.807, 2.05) is 6.92 Å². The average Bonchev–Trinajstić information content (AvgIpc) is 3.17. The molecule has 22 heavy (non-hydrogen) atoms. The maximum absolute atomic E-state index is 12.3. The minimum atomic E-state index is -0.522. The molecule has 0 aromatic carbocycles. The third-order valence-corrected chi connectivity index (χ3v) is 4.81. The molecule has 3 heterocycles. The highest BCUT2D eigenvalue weighted by Gasteiger charge is 2.49. The van der Waals surface area contributed by atoms with Gasteiger partial charge in [0.15, 0.2) is 5.60 Å². The van der Waals surface area contributed by atoms with Gasteiger partial charge in [-0.15, -0.1) is 5.10 Å². The molecule has 2 fully saturated rings. The molecule has 9 heteroatoms. The Morgan fingerprint density at radius 2 is 2.32 bits per heavy atom. The van der Waals surface area contributed by atoms with Gasteiger partial charge >= 0.3 is 6.09 Å². The van der Waals surface area contributed by atoms with Crippen molar-refractivity contribution < 1.29 is 14.3 Å². The van der Waals surface area contributed by atoms with E-state index in [4.69, 9.17) is 4.74 Å². The van der Waals surface area contributed by atoms with E-state index >= 15 is 0 Å². The largest absolute Gasteiger partial charge is 0.439 e. The second kappa shape index (κ2) is 5.79. The molecule has 0 bridgehead atoms. The minimum absolute atomic E-state index is 0.0234. The third-order valence-electron chi connectivity index (χ3n) is 3.98. The first-order chi connectivity index (χ1) is 10.5. The van der Waals surface area contributed by atoms with Crippen molar-refractivity contribution in [1.29, 1.82) is 0 Å². The number of hydrogen-bond donors (Lipinski definition) is 1. The van der Waals surface area contributed by atoms with Gasteiger partial charge in [-0.05, 0) is 0 Å². The van der Waals surface area contributed by atoms with Gasteiger partial charge in [0.1, 0.15) is 5.82 Å². The number of thioether (sulfide) groups is 1. The van der Waals surface area contributed by atoms with Crippen LogP contribution in [0.25, 0.3) is 0 Å². The smallest absolute Gasteiger partial charge is 0.410 e. The SMILES string of the molecule is CCc1nc(SCC(=O)N2CCC3(CN(C)C(=O)O3)C2)n[nH]1. The van der Waals surface area contributed by atoms with Gasteiger partial charge in [0.05, 0.1) is 18.8 Å². The number of likely N-dealkylation sites (tertiary alicyclic amines) is 1. The molecule has 1 aromatic heterocycles. The number of H-pyrrole nitrogens is 1. The maximum Gasteiger partial charge on any atom is 0.410 e. The van der Waals surface area contributed by atoms with Crippen LogP contribution < -0.4 is 0 Å². The number of ether oxygens (including phenoxy) is 1. The number of hydrogen-bond acceptors (Lipinski definition) is 6. The van der Waals surface area contributed by atoms with Crippen molar-refractivity contribution >= 4 is 23.8 Å². The summed E-state index contributed by atoms with van der Waals surface area (Å²) in [6.07, 6.45) is 1.17. The number of nitrogens with one attached hydrogen (secondary N) is 1. The van der Waals surface area contributed by atoms with Crippen molar-refractivity contribution in [2.75, 3.05) is 32.4 Å². The summed E-state index contributed by atoms with van der Waals surface area (Å²) < 4.78 is 5.44. The zero-order valence-electron chi connectivity index (χ0n) is 12.7. The first kappa shape index (κ1) is 15.1. The Hall–Kier alpha value is -1.77. The van der Waals surface area contributed by atoms with E-state index in [9.17, 15) is 9.59 Å². The Labute approximate surface area is 132 Å². The van der Waals surface area contributed by atoms with E-state index in [0.29, 0.717) is 37.0 Å². The second-order valence-electron chi connectivity index (χ2n) is 5.68. The van der Waals surface area contributed by atoms with E-state index in [0.717, 1.165) is 12.2 Å². The van der Waals surface area contributed by atoms with E-state index in [2.05, 4.69) is 15.2 Å². The number of aromatic amines is 1. The van der Waals surface area contributed by atoms with E-state index in [-0.39, 0.29) is 12.0 Å². The lowest BCUT2D eigenvalue weighted by molar-refractivity contribution is -0.128. The van der Waals surface area contributed by atoms with E-state index < -0.39 is 5.60 Å². The lowest BCUT2D eigenvalue weighted by atomic mass is 10.0. The van der Waals surface area contributed by atoms with Crippen molar-refractivity contribution in [2.45, 2.75) is 30.5 Å². The van der Waals surface area contributed by atoms with Crippen LogP contribution in [0.2, 0.25) is 0 Å². The van der Waals surface area contributed by atoms with Crippen LogP contribution in [0.15, 0.2) is 5.16 Å². The molecule has 8 nitrogen and oxygen atoms in total. The Kier molecular flexibility index (Phi) is 3.98. The van der Waals surface area contributed by atoms with Crippen molar-refractivity contribution in [1.82, 2.24) is 25.0 Å². The fraction of sp³-hybridized carbons (Fsp3) is 0.692. The quantitative estimate of drug-likeness (QED) is 0.811. The number of aromatic nitrogens is 3. The van der Waals surface area contributed by atoms with Crippen molar-refractivity contribution in [3.63, 3.8) is 0 Å². The highest BCUT2D eigenvalue weighted by molar-refractivity contribution is 7.99. The summed E-state index contributed by atoms with van der Waals surface area (Å²) in [5.74, 6) is 1.13. The molecular formula is C13H19N5O3S. The molecule has 0 saturated carbocycles. The molecule has 1 atom stereocenters. The summed E-state index contributed by atoms with van der Waals surface area (Å²) in [7, 11) is 1.71. The molecule has 1 unspecified atom stereocenters. The molecule has 1 N–H and O–H groups in total. The third kappa shape index (κ3) is 2.90. The monoisotopic (exact) mass is 325 g/mol. The van der Waals surface area contributed by atoms with Crippen molar-refractivity contribution in [2.24, 2.45) is 0 Å². The van der Waals surface area contributed by atoms with Gasteiger partial charge in [-0.1, -0.05) is 18.7 Å². The minimum Gasteiger partial charge on any atom is -0.439 e. The van der Waals surface area contributed by atoms with E-state index in [1.54, 1.807) is 16.8 Å². The molecule has 120 valence electrons. The molecule has 2 saturated heterocycles. The summed E-state index contributed by atoms with van der Waals surface area (Å²) >= 11 is 1.32. The zero-order valence-corrected chi connectivity index (χ0v) is 13.5. The molecule has 2 aliphatic rings. The van der Waals surface area contributed by atoms with Crippen molar-refractivity contribution in [3.8, 4) is 0 Å². The van der Waals surface area contributed by atoms with Crippen LogP contribution in [-0.4, -0.2) is 75.0 Å². The van der Waals surface area contributed by atoms with Gasteiger partial charge in [0.25, 0.3) is 0 Å². The Bertz CT molecular complexity index is 592. The number of nitrogens with zero attached hydrogens (tertiary/aromatic N) is 4. The predicted molar refractivity (Wildman–Crippen MR) is 79.5 cm³/mol. The van der Waals surface area contributed by atoms with Gasteiger partial charge in [-0.2, -0.15) is 0 Å². The fourth-order valence-electron chi connectivity index (χ4n) is 2.78. The van der Waals surface area contributed by atoms with Gasteiger partial charge < -0.3 is 14.5 Å². The average molecular weight is 325 g/mol. The number of amides is 2. The number of likely N-dealkylation sites (N-methyl/N-ethyl adjacent to an activating group) is 1. The highest BCUT2D eigenvalue weighted by atomic mass is 32.2. The van der Waals surface area contributed by atoms with Crippen LogP contribution in [-0.2, 0) is 16.0 Å². The highest BCUT2D eigenvalue weighted by Crippen LogP contribution is 2.32. The molecule has 2 amide bonds. The fourth-order valence-corrected chi connectivity index (χ4v) is 3.50. The van der Waals surface area contributed by atoms with Crippen LogP contribution in [0, 0.1) is 0 Å². The Morgan fingerprint density at radius 1 is 1.50 bits per heavy atom. The summed E-state index contributed by atoms with van der Waals surface area (Å²) in [6, 6.07) is 0. The van der Waals surface area contributed by atoms with Crippen LogP contribution in [0.5, 0.6) is 0 Å². The van der Waals surface area contributed by atoms with Crippen LogP contribution >= 0.6 is 11.8 Å². The summed E-state index contributed by atoms with van der Waals surface area (Å²) in [6.45, 7) is 3.62. The Balaban J connectivity index is 1.52. The van der Waals surface area contributed by atoms with Crippen molar-refractivity contribution in [3.05, 3.63) is 5.82 Å². The van der Waals surface area contributed by atoms with Gasteiger partial charge in [-0.25, -0.2) is 9.78 Å². The van der Waals surface area contributed by atoms with Crippen LogP contribution in [0.3, 0.4) is 0 Å². The number of carbonyl (C=O) groups excluding carboxylic acids is 2. The Morgan fingerprint density at radius 3 is 2.95 bits per heavy atom.